The van der Waals surface area contributed by atoms with E-state index in [0.717, 1.165) is 22.3 Å². The molecular formula is C28H28N2O4. The Hall–Kier alpha value is -3.93. The second-order valence-electron chi connectivity index (χ2n) is 8.54. The molecule has 1 aliphatic heterocycles. The van der Waals surface area contributed by atoms with E-state index in [1.807, 2.05) is 75.4 Å². The van der Waals surface area contributed by atoms with Gasteiger partial charge in [-0.25, -0.2) is 4.79 Å². The summed E-state index contributed by atoms with van der Waals surface area (Å²) in [5.74, 6) is -0.715. The Kier molecular flexibility index (Phi) is 6.50. The van der Waals surface area contributed by atoms with Crippen molar-refractivity contribution in [1.82, 2.24) is 4.90 Å². The molecule has 2 atom stereocenters. The van der Waals surface area contributed by atoms with Gasteiger partial charge in [0.15, 0.2) is 0 Å². The number of fused-ring (bicyclic) bond motifs is 1. The lowest BCUT2D eigenvalue weighted by atomic mass is 9.97. The minimum Gasteiger partial charge on any atom is -0.467 e. The zero-order valence-corrected chi connectivity index (χ0v) is 19.8. The van der Waals surface area contributed by atoms with Crippen LogP contribution in [-0.4, -0.2) is 35.8 Å². The normalized spacial score (nSPS) is 15.6. The zero-order valence-electron chi connectivity index (χ0n) is 19.8. The number of esters is 1. The Labute approximate surface area is 199 Å². The molecule has 1 aliphatic rings. The van der Waals surface area contributed by atoms with Gasteiger partial charge in [-0.2, -0.15) is 0 Å². The minimum absolute atomic E-state index is 0.152. The second-order valence-corrected chi connectivity index (χ2v) is 8.54. The predicted octanol–water partition coefficient (Wildman–Crippen LogP) is 5.38. The molecule has 4 rings (SSSR count). The summed E-state index contributed by atoms with van der Waals surface area (Å²) in [5, 5.41) is 2.92. The summed E-state index contributed by atoms with van der Waals surface area (Å²) >= 11 is 0. The molecule has 0 unspecified atom stereocenters. The van der Waals surface area contributed by atoms with Gasteiger partial charge in [0.1, 0.15) is 6.04 Å². The van der Waals surface area contributed by atoms with Crippen molar-refractivity contribution in [2.24, 2.45) is 0 Å². The topological polar surface area (TPSA) is 75.7 Å². The molecule has 3 aromatic carbocycles. The first-order valence-electron chi connectivity index (χ1n) is 11.4. The monoisotopic (exact) mass is 456 g/mol. The molecule has 0 aromatic heterocycles. The smallest absolute Gasteiger partial charge is 0.328 e. The molecule has 0 saturated carbocycles. The second kappa shape index (κ2) is 9.51. The number of aryl methyl sites for hydroxylation is 1. The SMILES string of the molecule is CC[C@@H](C(=O)OC)N1C(=O)c2ccc(-c3ccc(NC(=O)c4ccc(C)cc4)cc3)cc2[C@@H]1C. The van der Waals surface area contributed by atoms with E-state index in [-0.39, 0.29) is 17.9 Å². The molecule has 0 fully saturated rings. The van der Waals surface area contributed by atoms with E-state index in [2.05, 4.69) is 5.32 Å². The number of benzene rings is 3. The van der Waals surface area contributed by atoms with Crippen LogP contribution in [0.2, 0.25) is 0 Å². The maximum absolute atomic E-state index is 13.0. The van der Waals surface area contributed by atoms with Gasteiger partial charge >= 0.3 is 5.97 Å². The van der Waals surface area contributed by atoms with Gasteiger partial charge in [0.05, 0.1) is 13.2 Å². The van der Waals surface area contributed by atoms with Gasteiger partial charge in [-0.3, -0.25) is 9.59 Å². The van der Waals surface area contributed by atoms with Gasteiger partial charge in [-0.1, -0.05) is 42.8 Å². The van der Waals surface area contributed by atoms with Crippen molar-refractivity contribution in [2.45, 2.75) is 39.3 Å². The standard InChI is InChI=1S/C28H28N2O4/c1-5-25(28(33)34-4)30-18(3)24-16-21(12-15-23(24)27(30)32)19-10-13-22(14-11-19)29-26(31)20-8-6-17(2)7-9-20/h6-16,18,25H,5H2,1-4H3,(H,29,31)/t18-,25-/m0/s1. The summed E-state index contributed by atoms with van der Waals surface area (Å²) < 4.78 is 4.91. The van der Waals surface area contributed by atoms with Gasteiger partial charge in [0.25, 0.3) is 11.8 Å². The quantitative estimate of drug-likeness (QED) is 0.505. The third-order valence-electron chi connectivity index (χ3n) is 6.37. The first-order valence-corrected chi connectivity index (χ1v) is 11.4. The van der Waals surface area contributed by atoms with E-state index in [4.69, 9.17) is 4.74 Å². The lowest BCUT2D eigenvalue weighted by molar-refractivity contribution is -0.146. The highest BCUT2D eigenvalue weighted by Gasteiger charge is 2.41. The van der Waals surface area contributed by atoms with Gasteiger partial charge < -0.3 is 15.0 Å². The van der Waals surface area contributed by atoms with Crippen molar-refractivity contribution in [3.8, 4) is 11.1 Å². The molecule has 2 amide bonds. The highest BCUT2D eigenvalue weighted by molar-refractivity contribution is 6.04. The highest BCUT2D eigenvalue weighted by atomic mass is 16.5. The van der Waals surface area contributed by atoms with Gasteiger partial charge in [0, 0.05) is 16.8 Å². The Morgan fingerprint density at radius 3 is 2.26 bits per heavy atom. The fourth-order valence-electron chi connectivity index (χ4n) is 4.43. The van der Waals surface area contributed by atoms with E-state index in [1.165, 1.54) is 7.11 Å². The predicted molar refractivity (Wildman–Crippen MR) is 132 cm³/mol. The van der Waals surface area contributed by atoms with E-state index >= 15 is 0 Å². The van der Waals surface area contributed by atoms with Crippen LogP contribution in [0.1, 0.15) is 58.2 Å². The largest absolute Gasteiger partial charge is 0.467 e. The highest BCUT2D eigenvalue weighted by Crippen LogP contribution is 2.38. The van der Waals surface area contributed by atoms with Crippen LogP contribution in [-0.2, 0) is 9.53 Å². The number of rotatable bonds is 6. The van der Waals surface area contributed by atoms with Crippen molar-refractivity contribution in [1.29, 1.82) is 0 Å². The van der Waals surface area contributed by atoms with Crippen molar-refractivity contribution in [2.75, 3.05) is 12.4 Å². The summed E-state index contributed by atoms with van der Waals surface area (Å²) in [4.78, 5) is 39.4. The molecule has 0 radical (unpaired) electrons. The molecule has 34 heavy (non-hydrogen) atoms. The maximum atomic E-state index is 13.0. The number of amides is 2. The average Bonchev–Trinajstić information content (AvgIpc) is 3.10. The molecule has 3 aromatic rings. The average molecular weight is 457 g/mol. The number of anilines is 1. The minimum atomic E-state index is -0.611. The molecule has 6 heteroatoms. The molecule has 174 valence electrons. The molecule has 1 heterocycles. The van der Waals surface area contributed by atoms with E-state index in [9.17, 15) is 14.4 Å². The number of methoxy groups -OCH3 is 1. The Balaban J connectivity index is 1.54. The fourth-order valence-corrected chi connectivity index (χ4v) is 4.43. The molecular weight excluding hydrogens is 428 g/mol. The van der Waals surface area contributed by atoms with Crippen LogP contribution in [0.3, 0.4) is 0 Å². The lowest BCUT2D eigenvalue weighted by Gasteiger charge is -2.29. The molecule has 0 saturated heterocycles. The van der Waals surface area contributed by atoms with Crippen molar-refractivity contribution >= 4 is 23.5 Å². The number of nitrogens with one attached hydrogen (secondary N) is 1. The van der Waals surface area contributed by atoms with Crippen molar-refractivity contribution in [3.63, 3.8) is 0 Å². The van der Waals surface area contributed by atoms with Crippen molar-refractivity contribution < 1.29 is 19.1 Å². The fraction of sp³-hybridized carbons (Fsp3) is 0.250. The van der Waals surface area contributed by atoms with Crippen LogP contribution in [0, 0.1) is 6.92 Å². The molecule has 0 aliphatic carbocycles. The van der Waals surface area contributed by atoms with E-state index < -0.39 is 12.0 Å². The number of carbonyl (C=O) groups excluding carboxylic acids is 3. The van der Waals surface area contributed by atoms with Gasteiger partial charge in [-0.15, -0.1) is 0 Å². The van der Waals surface area contributed by atoms with Gasteiger partial charge in [-0.05, 0) is 73.4 Å². The van der Waals surface area contributed by atoms with Crippen LogP contribution < -0.4 is 5.32 Å². The number of nitrogens with zero attached hydrogens (tertiary/aromatic N) is 1. The van der Waals surface area contributed by atoms with E-state index in [0.29, 0.717) is 23.2 Å². The third kappa shape index (κ3) is 4.31. The first-order chi connectivity index (χ1) is 16.3. The van der Waals surface area contributed by atoms with Crippen LogP contribution >= 0.6 is 0 Å². The summed E-state index contributed by atoms with van der Waals surface area (Å²) in [7, 11) is 1.34. The zero-order chi connectivity index (χ0) is 24.4. The van der Waals surface area contributed by atoms with Crippen LogP contribution in [0.4, 0.5) is 5.69 Å². The summed E-state index contributed by atoms with van der Waals surface area (Å²) in [5.41, 5.74) is 5.84. The summed E-state index contributed by atoms with van der Waals surface area (Å²) in [6, 6.07) is 19.9. The Morgan fingerprint density at radius 2 is 1.65 bits per heavy atom. The van der Waals surface area contributed by atoms with Crippen LogP contribution in [0.15, 0.2) is 66.7 Å². The molecule has 0 bridgehead atoms. The van der Waals surface area contributed by atoms with Crippen LogP contribution in [0.25, 0.3) is 11.1 Å². The Morgan fingerprint density at radius 1 is 1.00 bits per heavy atom. The third-order valence-corrected chi connectivity index (χ3v) is 6.37. The summed E-state index contributed by atoms with van der Waals surface area (Å²) in [6.07, 6.45) is 0.485. The summed E-state index contributed by atoms with van der Waals surface area (Å²) in [6.45, 7) is 5.78. The van der Waals surface area contributed by atoms with E-state index in [1.54, 1.807) is 17.0 Å². The number of hydrogen-bond donors (Lipinski definition) is 1. The van der Waals surface area contributed by atoms with Gasteiger partial charge in [0.2, 0.25) is 0 Å². The van der Waals surface area contributed by atoms with Crippen molar-refractivity contribution in [3.05, 3.63) is 89.0 Å². The number of hydrogen-bond acceptors (Lipinski definition) is 4. The first kappa shape index (κ1) is 23.2. The maximum Gasteiger partial charge on any atom is 0.328 e. The number of carbonyl (C=O) groups is 3. The number of ether oxygens (including phenoxy) is 1. The lowest BCUT2D eigenvalue weighted by Crippen LogP contribution is -2.43. The van der Waals surface area contributed by atoms with Crippen LogP contribution in [0.5, 0.6) is 0 Å². The molecule has 6 nitrogen and oxygen atoms in total. The molecule has 1 N–H and O–H groups in total. The molecule has 0 spiro atoms. The Bertz CT molecular complexity index is 1230.